The fraction of sp³-hybridized carbons (Fsp3) is 0. The highest BCUT2D eigenvalue weighted by Crippen LogP contribution is 2.22. The first kappa shape index (κ1) is 13.3. The van der Waals surface area contributed by atoms with Crippen LogP contribution >= 0.6 is 0 Å². The molecule has 7 heteroatoms. The number of nitrogens with one attached hydrogen (secondary N) is 1. The summed E-state index contributed by atoms with van der Waals surface area (Å²) in [5.74, 6) is -1.21. The van der Waals surface area contributed by atoms with Crippen molar-refractivity contribution in [2.75, 3.05) is 10.5 Å². The van der Waals surface area contributed by atoms with Gasteiger partial charge in [-0.3, -0.25) is 4.72 Å². The molecule has 0 spiro atoms. The Morgan fingerprint density at radius 2 is 1.68 bits per heavy atom. The number of anilines is 2. The molecule has 0 aliphatic rings. The van der Waals surface area contributed by atoms with Crippen LogP contribution in [0.2, 0.25) is 0 Å². The van der Waals surface area contributed by atoms with E-state index in [1.54, 1.807) is 0 Å². The largest absolute Gasteiger partial charge is 0.398 e. The van der Waals surface area contributed by atoms with Crippen LogP contribution in [0.4, 0.5) is 20.2 Å². The normalized spacial score (nSPS) is 11.3. The maximum absolute atomic E-state index is 13.0. The van der Waals surface area contributed by atoms with Crippen molar-refractivity contribution in [3.05, 3.63) is 54.1 Å². The van der Waals surface area contributed by atoms with Crippen LogP contribution in [0.1, 0.15) is 0 Å². The maximum atomic E-state index is 13.0. The molecule has 0 saturated carbocycles. The van der Waals surface area contributed by atoms with Crippen LogP contribution in [-0.2, 0) is 10.0 Å². The van der Waals surface area contributed by atoms with Gasteiger partial charge in [-0.2, -0.15) is 0 Å². The number of benzene rings is 2. The van der Waals surface area contributed by atoms with Crippen LogP contribution in [0.25, 0.3) is 0 Å². The third kappa shape index (κ3) is 3.00. The van der Waals surface area contributed by atoms with Gasteiger partial charge >= 0.3 is 0 Å². The Kier molecular flexibility index (Phi) is 3.39. The van der Waals surface area contributed by atoms with Crippen molar-refractivity contribution in [1.29, 1.82) is 0 Å². The molecular formula is C12H10F2N2O2S. The predicted octanol–water partition coefficient (Wildman–Crippen LogP) is 2.35. The first-order valence-electron chi connectivity index (χ1n) is 5.22. The van der Waals surface area contributed by atoms with E-state index in [0.717, 1.165) is 24.3 Å². The van der Waals surface area contributed by atoms with Gasteiger partial charge in [0.05, 0.1) is 11.4 Å². The van der Waals surface area contributed by atoms with Crippen molar-refractivity contribution in [1.82, 2.24) is 0 Å². The molecule has 0 atom stereocenters. The molecule has 0 heterocycles. The molecular weight excluding hydrogens is 274 g/mol. The van der Waals surface area contributed by atoms with Crippen LogP contribution < -0.4 is 10.5 Å². The van der Waals surface area contributed by atoms with E-state index >= 15 is 0 Å². The highest BCUT2D eigenvalue weighted by atomic mass is 32.2. The van der Waals surface area contributed by atoms with Crippen molar-refractivity contribution in [2.24, 2.45) is 0 Å². The average Bonchev–Trinajstić information content (AvgIpc) is 2.27. The summed E-state index contributed by atoms with van der Waals surface area (Å²) in [7, 11) is -3.99. The molecule has 0 aromatic heterocycles. The second-order valence-corrected chi connectivity index (χ2v) is 5.45. The van der Waals surface area contributed by atoms with Gasteiger partial charge in [-0.05, 0) is 36.4 Å². The lowest BCUT2D eigenvalue weighted by atomic mass is 10.3. The molecule has 0 bridgehead atoms. The summed E-state index contributed by atoms with van der Waals surface area (Å²) in [6.45, 7) is 0. The van der Waals surface area contributed by atoms with Crippen LogP contribution in [0.15, 0.2) is 47.4 Å². The van der Waals surface area contributed by atoms with E-state index in [2.05, 4.69) is 4.72 Å². The van der Waals surface area contributed by atoms with Gasteiger partial charge in [0, 0.05) is 0 Å². The number of hydrogen-bond donors (Lipinski definition) is 2. The molecule has 0 fully saturated rings. The minimum Gasteiger partial charge on any atom is -0.398 e. The van der Waals surface area contributed by atoms with E-state index in [0.29, 0.717) is 0 Å². The van der Waals surface area contributed by atoms with Gasteiger partial charge in [0.1, 0.15) is 16.5 Å². The first-order chi connectivity index (χ1) is 8.88. The first-order valence-corrected chi connectivity index (χ1v) is 6.70. The highest BCUT2D eigenvalue weighted by molar-refractivity contribution is 7.92. The highest BCUT2D eigenvalue weighted by Gasteiger charge is 2.18. The van der Waals surface area contributed by atoms with Crippen LogP contribution in [0.5, 0.6) is 0 Å². The number of nitrogens with two attached hydrogens (primary N) is 1. The van der Waals surface area contributed by atoms with Gasteiger partial charge in [0.2, 0.25) is 0 Å². The Morgan fingerprint density at radius 1 is 1.00 bits per heavy atom. The third-order valence-corrected chi connectivity index (χ3v) is 3.79. The molecule has 2 rings (SSSR count). The zero-order chi connectivity index (χ0) is 14.0. The molecule has 0 aliphatic heterocycles. The molecule has 0 radical (unpaired) electrons. The molecule has 19 heavy (non-hydrogen) atoms. The van der Waals surface area contributed by atoms with Gasteiger partial charge in [-0.15, -0.1) is 0 Å². The lowest BCUT2D eigenvalue weighted by Crippen LogP contribution is -2.15. The maximum Gasteiger partial charge on any atom is 0.263 e. The smallest absolute Gasteiger partial charge is 0.263 e. The van der Waals surface area contributed by atoms with E-state index in [1.165, 1.54) is 18.2 Å². The molecule has 0 amide bonds. The second kappa shape index (κ2) is 4.85. The molecule has 0 aliphatic carbocycles. The Bertz CT molecular complexity index is 717. The van der Waals surface area contributed by atoms with Crippen LogP contribution in [0, 0.1) is 11.6 Å². The van der Waals surface area contributed by atoms with E-state index < -0.39 is 21.7 Å². The Morgan fingerprint density at radius 3 is 2.32 bits per heavy atom. The minimum atomic E-state index is -3.99. The van der Waals surface area contributed by atoms with E-state index in [-0.39, 0.29) is 16.3 Å². The Hall–Kier alpha value is -2.15. The molecule has 2 aromatic carbocycles. The fourth-order valence-electron chi connectivity index (χ4n) is 1.53. The molecule has 3 N–H and O–H groups in total. The molecule has 2 aromatic rings. The van der Waals surface area contributed by atoms with Crippen molar-refractivity contribution in [2.45, 2.75) is 4.90 Å². The average molecular weight is 284 g/mol. The number of rotatable bonds is 3. The summed E-state index contributed by atoms with van der Waals surface area (Å²) >= 11 is 0. The summed E-state index contributed by atoms with van der Waals surface area (Å²) in [6, 6.07) is 7.89. The summed E-state index contributed by atoms with van der Waals surface area (Å²) in [4.78, 5) is -0.266. The quantitative estimate of drug-likeness (QED) is 0.850. The van der Waals surface area contributed by atoms with Crippen LogP contribution in [-0.4, -0.2) is 8.42 Å². The Labute approximate surface area is 108 Å². The second-order valence-electron chi connectivity index (χ2n) is 3.80. The zero-order valence-corrected chi connectivity index (χ0v) is 10.4. The summed E-state index contributed by atoms with van der Waals surface area (Å²) in [6.07, 6.45) is 0. The monoisotopic (exact) mass is 284 g/mol. The van der Waals surface area contributed by atoms with E-state index in [1.807, 2.05) is 0 Å². The van der Waals surface area contributed by atoms with Gasteiger partial charge in [0.25, 0.3) is 10.0 Å². The molecule has 4 nitrogen and oxygen atoms in total. The summed E-state index contributed by atoms with van der Waals surface area (Å²) in [5.41, 5.74) is 5.30. The van der Waals surface area contributed by atoms with Gasteiger partial charge in [-0.1, -0.05) is 6.07 Å². The summed E-state index contributed by atoms with van der Waals surface area (Å²) in [5, 5.41) is 0. The number of hydrogen-bond acceptors (Lipinski definition) is 3. The van der Waals surface area contributed by atoms with Crippen molar-refractivity contribution < 1.29 is 17.2 Å². The van der Waals surface area contributed by atoms with E-state index in [9.17, 15) is 17.2 Å². The standard InChI is InChI=1S/C12H10F2N2O2S/c13-8-2-1-3-10(6-8)16-19(17,18)12-5-4-9(14)7-11(12)15/h1-7,16H,15H2. The van der Waals surface area contributed by atoms with Crippen molar-refractivity contribution in [3.8, 4) is 0 Å². The van der Waals surface area contributed by atoms with E-state index in [4.69, 9.17) is 5.73 Å². The molecule has 0 unspecified atom stereocenters. The third-order valence-electron chi connectivity index (χ3n) is 2.34. The summed E-state index contributed by atoms with van der Waals surface area (Å²) < 4.78 is 52.0. The number of halogens is 2. The number of sulfonamides is 1. The van der Waals surface area contributed by atoms with Crippen LogP contribution in [0.3, 0.4) is 0 Å². The van der Waals surface area contributed by atoms with Gasteiger partial charge in [0.15, 0.2) is 0 Å². The zero-order valence-electron chi connectivity index (χ0n) is 9.60. The molecule has 0 saturated heterocycles. The van der Waals surface area contributed by atoms with Crippen molar-refractivity contribution >= 4 is 21.4 Å². The SMILES string of the molecule is Nc1cc(F)ccc1S(=O)(=O)Nc1cccc(F)c1. The van der Waals surface area contributed by atoms with Gasteiger partial charge in [-0.25, -0.2) is 17.2 Å². The topological polar surface area (TPSA) is 72.2 Å². The lowest BCUT2D eigenvalue weighted by Gasteiger charge is -2.10. The number of nitrogen functional groups attached to an aromatic ring is 1. The predicted molar refractivity (Wildman–Crippen MR) is 68.0 cm³/mol. The molecule has 100 valence electrons. The Balaban J connectivity index is 2.38. The minimum absolute atomic E-state index is 0.0590. The fourth-order valence-corrected chi connectivity index (χ4v) is 2.69. The van der Waals surface area contributed by atoms with Gasteiger partial charge < -0.3 is 5.73 Å². The lowest BCUT2D eigenvalue weighted by molar-refractivity contribution is 0.600. The van der Waals surface area contributed by atoms with Crippen molar-refractivity contribution in [3.63, 3.8) is 0 Å².